The van der Waals surface area contributed by atoms with Crippen LogP contribution in [0.15, 0.2) is 0 Å². The Morgan fingerprint density at radius 3 is 2.40 bits per heavy atom. The summed E-state index contributed by atoms with van der Waals surface area (Å²) in [6.45, 7) is 0.328. The minimum Gasteiger partial charge on any atom is -0.481 e. The lowest BCUT2D eigenvalue weighted by atomic mass is 10.2. The van der Waals surface area contributed by atoms with E-state index in [2.05, 4.69) is 0 Å². The summed E-state index contributed by atoms with van der Waals surface area (Å²) in [6, 6.07) is 0. The number of aliphatic hydroxyl groups is 1. The molecule has 0 fully saturated rings. The van der Waals surface area contributed by atoms with Gasteiger partial charge in [-0.2, -0.15) is 0 Å². The predicted octanol–water partition coefficient (Wildman–Crippen LogP) is -0.407. The van der Waals surface area contributed by atoms with Crippen molar-refractivity contribution in [1.82, 2.24) is 0 Å². The molecule has 0 rings (SSSR count). The zero-order valence-corrected chi connectivity index (χ0v) is 6.30. The summed E-state index contributed by atoms with van der Waals surface area (Å²) in [5.74, 6) is -0.990. The Morgan fingerprint density at radius 1 is 1.60 bits per heavy atom. The van der Waals surface area contributed by atoms with Gasteiger partial charge in [-0.15, -0.1) is 12.4 Å². The van der Waals surface area contributed by atoms with Crippen molar-refractivity contribution < 1.29 is 15.0 Å². The van der Waals surface area contributed by atoms with Gasteiger partial charge in [0.2, 0.25) is 0 Å². The maximum absolute atomic E-state index is 9.88. The number of hydrogen-bond donors (Lipinski definition) is 3. The van der Waals surface area contributed by atoms with Gasteiger partial charge in [-0.1, -0.05) is 0 Å². The first-order valence-corrected chi connectivity index (χ1v) is 2.76. The van der Waals surface area contributed by atoms with E-state index in [1.807, 2.05) is 0 Å². The van der Waals surface area contributed by atoms with E-state index in [4.69, 9.17) is 15.9 Å². The SMILES string of the molecule is Cl.NCC[C@H](O)CC(=O)O. The van der Waals surface area contributed by atoms with Gasteiger partial charge in [-0.25, -0.2) is 0 Å². The van der Waals surface area contributed by atoms with Gasteiger partial charge >= 0.3 is 5.97 Å². The highest BCUT2D eigenvalue weighted by atomic mass is 35.5. The molecule has 4 N–H and O–H groups in total. The molecule has 0 saturated carbocycles. The number of carboxylic acids is 1. The Bertz CT molecular complexity index is 98.9. The third kappa shape index (κ3) is 7.68. The summed E-state index contributed by atoms with van der Waals surface area (Å²) in [4.78, 5) is 9.88. The molecule has 0 aromatic heterocycles. The summed E-state index contributed by atoms with van der Waals surface area (Å²) in [6.07, 6.45) is -0.642. The highest BCUT2D eigenvalue weighted by Gasteiger charge is 2.06. The molecule has 0 spiro atoms. The van der Waals surface area contributed by atoms with Crippen molar-refractivity contribution in [2.45, 2.75) is 18.9 Å². The molecule has 0 amide bonds. The molecule has 0 aliphatic rings. The molecule has 5 heteroatoms. The van der Waals surface area contributed by atoms with Crippen molar-refractivity contribution in [1.29, 1.82) is 0 Å². The van der Waals surface area contributed by atoms with Gasteiger partial charge in [0.25, 0.3) is 0 Å². The zero-order valence-electron chi connectivity index (χ0n) is 5.49. The maximum atomic E-state index is 9.88. The van der Waals surface area contributed by atoms with Crippen LogP contribution in [0.5, 0.6) is 0 Å². The second-order valence-electron chi connectivity index (χ2n) is 1.83. The molecule has 62 valence electrons. The first kappa shape index (κ1) is 12.4. The van der Waals surface area contributed by atoms with Gasteiger partial charge in [-0.05, 0) is 13.0 Å². The van der Waals surface area contributed by atoms with Gasteiger partial charge in [0, 0.05) is 0 Å². The molecule has 0 bridgehead atoms. The summed E-state index contributed by atoms with van der Waals surface area (Å²) in [7, 11) is 0. The fraction of sp³-hybridized carbons (Fsp3) is 0.800. The van der Waals surface area contributed by atoms with E-state index >= 15 is 0 Å². The number of rotatable bonds is 4. The van der Waals surface area contributed by atoms with Crippen LogP contribution in [0.25, 0.3) is 0 Å². The average Bonchev–Trinajstić information content (AvgIpc) is 1.63. The molecule has 0 heterocycles. The average molecular weight is 170 g/mol. The third-order valence-electron chi connectivity index (χ3n) is 0.910. The Hall–Kier alpha value is -0.320. The topological polar surface area (TPSA) is 83.5 Å². The highest BCUT2D eigenvalue weighted by molar-refractivity contribution is 5.85. The largest absolute Gasteiger partial charge is 0.481 e. The maximum Gasteiger partial charge on any atom is 0.305 e. The number of carbonyl (C=O) groups is 1. The Kier molecular flexibility index (Phi) is 8.40. The van der Waals surface area contributed by atoms with Crippen molar-refractivity contribution >= 4 is 18.4 Å². The number of aliphatic carboxylic acids is 1. The van der Waals surface area contributed by atoms with Gasteiger partial charge in [-0.3, -0.25) is 4.79 Å². The second-order valence-corrected chi connectivity index (χ2v) is 1.83. The van der Waals surface area contributed by atoms with Crippen LogP contribution in [0, 0.1) is 0 Å². The van der Waals surface area contributed by atoms with Crippen molar-refractivity contribution in [3.8, 4) is 0 Å². The van der Waals surface area contributed by atoms with Crippen molar-refractivity contribution in [2.24, 2.45) is 5.73 Å². The molecular formula is C5H12ClNO3. The molecule has 0 aliphatic heterocycles. The quantitative estimate of drug-likeness (QED) is 0.535. The Balaban J connectivity index is 0. The fourth-order valence-corrected chi connectivity index (χ4v) is 0.496. The molecule has 0 aromatic rings. The smallest absolute Gasteiger partial charge is 0.305 e. The highest BCUT2D eigenvalue weighted by Crippen LogP contribution is 1.94. The molecule has 0 radical (unpaired) electrons. The lowest BCUT2D eigenvalue weighted by molar-refractivity contribution is -0.139. The molecule has 0 unspecified atom stereocenters. The monoisotopic (exact) mass is 169 g/mol. The lowest BCUT2D eigenvalue weighted by Gasteiger charge is -2.03. The van der Waals surface area contributed by atoms with Crippen LogP contribution in [-0.2, 0) is 4.79 Å². The second kappa shape index (κ2) is 6.80. The number of halogens is 1. The standard InChI is InChI=1S/C5H11NO3.ClH/c6-2-1-4(7)3-5(8)9;/h4,7H,1-3,6H2,(H,8,9);1H/t4-;/m0./s1. The lowest BCUT2D eigenvalue weighted by Crippen LogP contribution is -2.17. The number of aliphatic hydroxyl groups excluding tert-OH is 1. The molecule has 0 aromatic carbocycles. The van der Waals surface area contributed by atoms with E-state index in [0.717, 1.165) is 0 Å². The van der Waals surface area contributed by atoms with Crippen LogP contribution in [0.3, 0.4) is 0 Å². The third-order valence-corrected chi connectivity index (χ3v) is 0.910. The number of hydrogen-bond acceptors (Lipinski definition) is 3. The van der Waals surface area contributed by atoms with Crippen LogP contribution < -0.4 is 5.73 Å². The molecular weight excluding hydrogens is 158 g/mol. The van der Waals surface area contributed by atoms with Crippen molar-refractivity contribution in [3.63, 3.8) is 0 Å². The molecule has 10 heavy (non-hydrogen) atoms. The molecule has 0 aliphatic carbocycles. The van der Waals surface area contributed by atoms with Crippen LogP contribution in [-0.4, -0.2) is 28.8 Å². The number of nitrogens with two attached hydrogens (primary N) is 1. The van der Waals surface area contributed by atoms with E-state index < -0.39 is 12.1 Å². The van der Waals surface area contributed by atoms with E-state index in [0.29, 0.717) is 13.0 Å². The minimum atomic E-state index is -0.990. The van der Waals surface area contributed by atoms with Crippen LogP contribution >= 0.6 is 12.4 Å². The first-order chi connectivity index (χ1) is 4.16. The van der Waals surface area contributed by atoms with Crippen LogP contribution in [0.4, 0.5) is 0 Å². The van der Waals surface area contributed by atoms with E-state index in [-0.39, 0.29) is 18.8 Å². The summed E-state index contributed by atoms with van der Waals surface area (Å²) >= 11 is 0. The fourth-order valence-electron chi connectivity index (χ4n) is 0.496. The Morgan fingerprint density at radius 2 is 2.10 bits per heavy atom. The first-order valence-electron chi connectivity index (χ1n) is 2.76. The number of carboxylic acid groups (broad SMARTS) is 1. The van der Waals surface area contributed by atoms with E-state index in [1.54, 1.807) is 0 Å². The summed E-state index contributed by atoms with van der Waals surface area (Å²) in [5, 5.41) is 16.9. The Labute approximate surface area is 65.4 Å². The van der Waals surface area contributed by atoms with Crippen molar-refractivity contribution in [3.05, 3.63) is 0 Å². The van der Waals surface area contributed by atoms with E-state index in [1.165, 1.54) is 0 Å². The van der Waals surface area contributed by atoms with Gasteiger partial charge in [0.1, 0.15) is 0 Å². The predicted molar refractivity (Wildman–Crippen MR) is 39.2 cm³/mol. The van der Waals surface area contributed by atoms with Gasteiger partial charge in [0.15, 0.2) is 0 Å². The molecule has 1 atom stereocenters. The summed E-state index contributed by atoms with van der Waals surface area (Å²) in [5.41, 5.74) is 5.05. The molecule has 0 saturated heterocycles. The van der Waals surface area contributed by atoms with Crippen molar-refractivity contribution in [2.75, 3.05) is 6.54 Å². The summed E-state index contributed by atoms with van der Waals surface area (Å²) < 4.78 is 0. The zero-order chi connectivity index (χ0) is 7.28. The minimum absolute atomic E-state index is 0. The van der Waals surface area contributed by atoms with E-state index in [9.17, 15) is 4.79 Å². The van der Waals surface area contributed by atoms with Crippen LogP contribution in [0.1, 0.15) is 12.8 Å². The van der Waals surface area contributed by atoms with Crippen LogP contribution in [0.2, 0.25) is 0 Å². The normalized spacial score (nSPS) is 11.8. The van der Waals surface area contributed by atoms with Gasteiger partial charge in [0.05, 0.1) is 12.5 Å². The van der Waals surface area contributed by atoms with Gasteiger partial charge < -0.3 is 15.9 Å². The molecule has 4 nitrogen and oxygen atoms in total.